The molecule has 1 aromatic rings. The predicted octanol–water partition coefficient (Wildman–Crippen LogP) is 3.21. The fraction of sp³-hybridized carbons (Fsp3) is 0.429. The Morgan fingerprint density at radius 1 is 1.33 bits per heavy atom. The minimum absolute atomic E-state index is 0.332. The average Bonchev–Trinajstić information content (AvgIpc) is 2.31. The highest BCUT2D eigenvalue weighted by Gasteiger charge is 2.23. The molecule has 1 aromatic carbocycles. The van der Waals surface area contributed by atoms with Crippen molar-refractivity contribution in [2.24, 2.45) is 5.92 Å². The van der Waals surface area contributed by atoms with E-state index in [1.807, 2.05) is 6.08 Å². The maximum atomic E-state index is 5.81. The van der Waals surface area contributed by atoms with Crippen molar-refractivity contribution in [2.45, 2.75) is 25.4 Å². The summed E-state index contributed by atoms with van der Waals surface area (Å²) in [4.78, 5) is 0. The van der Waals surface area contributed by atoms with Crippen LogP contribution in [0.15, 0.2) is 43.0 Å². The van der Waals surface area contributed by atoms with E-state index in [4.69, 9.17) is 4.74 Å². The van der Waals surface area contributed by atoms with Crippen LogP contribution in [-0.2, 0) is 11.2 Å². The Morgan fingerprint density at radius 2 is 2.13 bits per heavy atom. The Kier molecular flexibility index (Phi) is 3.57. The molecule has 0 bridgehead atoms. The molecule has 80 valence electrons. The summed E-state index contributed by atoms with van der Waals surface area (Å²) in [6.45, 7) is 4.80. The highest BCUT2D eigenvalue weighted by molar-refractivity contribution is 5.16. The van der Waals surface area contributed by atoms with Crippen LogP contribution in [0.2, 0.25) is 0 Å². The molecule has 0 aromatic heterocycles. The third-order valence-electron chi connectivity index (χ3n) is 3.07. The first-order valence-electron chi connectivity index (χ1n) is 5.68. The zero-order chi connectivity index (χ0) is 10.5. The van der Waals surface area contributed by atoms with Gasteiger partial charge in [-0.25, -0.2) is 0 Å². The second-order valence-electron chi connectivity index (χ2n) is 4.14. The van der Waals surface area contributed by atoms with E-state index in [0.29, 0.717) is 12.0 Å². The van der Waals surface area contributed by atoms with Gasteiger partial charge in [-0.15, -0.1) is 6.58 Å². The van der Waals surface area contributed by atoms with Crippen molar-refractivity contribution < 1.29 is 4.74 Å². The van der Waals surface area contributed by atoms with Crippen LogP contribution in [0.1, 0.15) is 18.4 Å². The third kappa shape index (κ3) is 2.69. The summed E-state index contributed by atoms with van der Waals surface area (Å²) in [5.74, 6) is 0.527. The zero-order valence-corrected chi connectivity index (χ0v) is 9.06. The molecule has 1 nitrogen and oxygen atoms in total. The van der Waals surface area contributed by atoms with E-state index in [1.165, 1.54) is 18.4 Å². The second-order valence-corrected chi connectivity index (χ2v) is 4.14. The molecular formula is C14H18O. The molecule has 1 aliphatic rings. The molecular weight excluding hydrogens is 184 g/mol. The Balaban J connectivity index is 2.00. The Hall–Kier alpha value is -1.08. The summed E-state index contributed by atoms with van der Waals surface area (Å²) >= 11 is 0. The number of rotatable bonds is 3. The lowest BCUT2D eigenvalue weighted by Crippen LogP contribution is -2.30. The van der Waals surface area contributed by atoms with Crippen LogP contribution in [0.25, 0.3) is 0 Å². The van der Waals surface area contributed by atoms with Crippen LogP contribution in [0.4, 0.5) is 0 Å². The van der Waals surface area contributed by atoms with E-state index in [9.17, 15) is 0 Å². The van der Waals surface area contributed by atoms with Gasteiger partial charge in [0.2, 0.25) is 0 Å². The summed E-state index contributed by atoms with van der Waals surface area (Å²) in [5, 5.41) is 0. The second kappa shape index (κ2) is 5.13. The molecule has 2 atom stereocenters. The number of hydrogen-bond acceptors (Lipinski definition) is 1. The zero-order valence-electron chi connectivity index (χ0n) is 9.06. The van der Waals surface area contributed by atoms with Gasteiger partial charge in [-0.05, 0) is 24.8 Å². The normalized spacial score (nSPS) is 26.1. The minimum atomic E-state index is 0.332. The van der Waals surface area contributed by atoms with E-state index in [-0.39, 0.29) is 0 Å². The summed E-state index contributed by atoms with van der Waals surface area (Å²) in [7, 11) is 0. The minimum Gasteiger partial charge on any atom is -0.377 e. The van der Waals surface area contributed by atoms with Gasteiger partial charge < -0.3 is 4.74 Å². The SMILES string of the molecule is C=C[C@H]1CCCO[C@@H]1Cc1ccccc1. The van der Waals surface area contributed by atoms with Crippen LogP contribution in [0.5, 0.6) is 0 Å². The molecule has 0 aliphatic carbocycles. The summed E-state index contributed by atoms with van der Waals surface area (Å²) in [6.07, 6.45) is 5.78. The fourth-order valence-electron chi connectivity index (χ4n) is 2.19. The van der Waals surface area contributed by atoms with Crippen LogP contribution in [0.3, 0.4) is 0 Å². The molecule has 2 rings (SSSR count). The van der Waals surface area contributed by atoms with Crippen molar-refractivity contribution in [1.82, 2.24) is 0 Å². The molecule has 1 saturated heterocycles. The van der Waals surface area contributed by atoms with Gasteiger partial charge in [0.1, 0.15) is 0 Å². The first-order chi connectivity index (χ1) is 7.40. The van der Waals surface area contributed by atoms with Crippen molar-refractivity contribution in [3.05, 3.63) is 48.6 Å². The van der Waals surface area contributed by atoms with Gasteiger partial charge in [-0.3, -0.25) is 0 Å². The smallest absolute Gasteiger partial charge is 0.0677 e. The molecule has 1 fully saturated rings. The Bertz CT molecular complexity index is 304. The van der Waals surface area contributed by atoms with Crippen molar-refractivity contribution in [1.29, 1.82) is 0 Å². The van der Waals surface area contributed by atoms with Gasteiger partial charge in [0, 0.05) is 12.5 Å². The van der Waals surface area contributed by atoms with E-state index in [0.717, 1.165) is 13.0 Å². The lowest BCUT2D eigenvalue weighted by molar-refractivity contribution is -0.00994. The molecule has 1 heteroatoms. The van der Waals surface area contributed by atoms with Crippen LogP contribution in [0, 0.1) is 5.92 Å². The van der Waals surface area contributed by atoms with Gasteiger partial charge >= 0.3 is 0 Å². The lowest BCUT2D eigenvalue weighted by atomic mass is 9.90. The van der Waals surface area contributed by atoms with Crippen LogP contribution < -0.4 is 0 Å². The highest BCUT2D eigenvalue weighted by Crippen LogP contribution is 2.24. The monoisotopic (exact) mass is 202 g/mol. The van der Waals surface area contributed by atoms with E-state index in [1.54, 1.807) is 0 Å². The highest BCUT2D eigenvalue weighted by atomic mass is 16.5. The van der Waals surface area contributed by atoms with Gasteiger partial charge in [0.15, 0.2) is 0 Å². The number of hydrogen-bond donors (Lipinski definition) is 0. The standard InChI is InChI=1S/C14H18O/c1-2-13-9-6-10-15-14(13)11-12-7-4-3-5-8-12/h2-5,7-8,13-14H,1,6,9-11H2/t13-,14+/m0/s1. The Morgan fingerprint density at radius 3 is 2.87 bits per heavy atom. The van der Waals surface area contributed by atoms with Crippen LogP contribution >= 0.6 is 0 Å². The summed E-state index contributed by atoms with van der Waals surface area (Å²) in [5.41, 5.74) is 1.36. The third-order valence-corrected chi connectivity index (χ3v) is 3.07. The molecule has 1 aliphatic heterocycles. The first kappa shape index (κ1) is 10.4. The van der Waals surface area contributed by atoms with Crippen molar-refractivity contribution in [3.63, 3.8) is 0 Å². The van der Waals surface area contributed by atoms with E-state index in [2.05, 4.69) is 36.9 Å². The predicted molar refractivity (Wildman–Crippen MR) is 62.8 cm³/mol. The maximum absolute atomic E-state index is 5.81. The first-order valence-corrected chi connectivity index (χ1v) is 5.68. The molecule has 0 amide bonds. The lowest BCUT2D eigenvalue weighted by Gasteiger charge is -2.29. The van der Waals surface area contributed by atoms with Gasteiger partial charge in [0.25, 0.3) is 0 Å². The quantitative estimate of drug-likeness (QED) is 0.684. The van der Waals surface area contributed by atoms with Crippen molar-refractivity contribution in [2.75, 3.05) is 6.61 Å². The topological polar surface area (TPSA) is 9.23 Å². The summed E-state index contributed by atoms with van der Waals surface area (Å²) in [6, 6.07) is 10.6. The van der Waals surface area contributed by atoms with Crippen molar-refractivity contribution >= 4 is 0 Å². The van der Waals surface area contributed by atoms with Crippen LogP contribution in [-0.4, -0.2) is 12.7 Å². The molecule has 15 heavy (non-hydrogen) atoms. The molecule has 0 saturated carbocycles. The van der Waals surface area contributed by atoms with Gasteiger partial charge in [-0.2, -0.15) is 0 Å². The van der Waals surface area contributed by atoms with Crippen molar-refractivity contribution in [3.8, 4) is 0 Å². The molecule has 1 heterocycles. The molecule has 0 unspecified atom stereocenters. The molecule has 0 N–H and O–H groups in total. The fourth-order valence-corrected chi connectivity index (χ4v) is 2.19. The maximum Gasteiger partial charge on any atom is 0.0677 e. The van der Waals surface area contributed by atoms with Gasteiger partial charge in [0.05, 0.1) is 6.10 Å². The van der Waals surface area contributed by atoms with E-state index < -0.39 is 0 Å². The van der Waals surface area contributed by atoms with Gasteiger partial charge in [-0.1, -0.05) is 36.4 Å². The number of benzene rings is 1. The molecule has 0 spiro atoms. The molecule has 0 radical (unpaired) electrons. The summed E-state index contributed by atoms with van der Waals surface area (Å²) < 4.78 is 5.81. The average molecular weight is 202 g/mol. The Labute approximate surface area is 91.8 Å². The largest absolute Gasteiger partial charge is 0.377 e. The number of ether oxygens (including phenoxy) is 1. The van der Waals surface area contributed by atoms with E-state index >= 15 is 0 Å².